The van der Waals surface area contributed by atoms with Crippen molar-refractivity contribution in [3.63, 3.8) is 0 Å². The molecule has 0 fully saturated rings. The van der Waals surface area contributed by atoms with Crippen LogP contribution in [0.5, 0.6) is 5.75 Å². The highest BCUT2D eigenvalue weighted by atomic mass is 16.5. The van der Waals surface area contributed by atoms with E-state index in [0.29, 0.717) is 24.4 Å². The summed E-state index contributed by atoms with van der Waals surface area (Å²) in [4.78, 5) is 11.7. The molecule has 0 aliphatic rings. The van der Waals surface area contributed by atoms with Crippen LogP contribution in [0.25, 0.3) is 0 Å². The highest BCUT2D eigenvalue weighted by Crippen LogP contribution is 2.16. The molecule has 0 radical (unpaired) electrons. The van der Waals surface area contributed by atoms with Gasteiger partial charge in [0.2, 0.25) is 0 Å². The third-order valence-electron chi connectivity index (χ3n) is 2.92. The average molecular weight is 290 g/mol. The summed E-state index contributed by atoms with van der Waals surface area (Å²) in [6.45, 7) is 0.337. The van der Waals surface area contributed by atoms with Gasteiger partial charge in [0.05, 0.1) is 13.4 Å². The van der Waals surface area contributed by atoms with Crippen LogP contribution in [-0.4, -0.2) is 24.8 Å². The molecule has 2 amide bonds. The minimum atomic E-state index is -0.721. The molecule has 2 rings (SSSR count). The minimum absolute atomic E-state index is 0.327. The fraction of sp³-hybridized carbons (Fsp3) is 0.267. The predicted molar refractivity (Wildman–Crippen MR) is 78.3 cm³/mol. The number of ether oxygens (including phenoxy) is 1. The first-order valence-corrected chi connectivity index (χ1v) is 6.59. The zero-order chi connectivity index (χ0) is 15.1. The number of benzene rings is 1. The van der Waals surface area contributed by atoms with Crippen LogP contribution in [0, 0.1) is 0 Å². The molecule has 6 heteroatoms. The van der Waals surface area contributed by atoms with E-state index in [4.69, 9.17) is 9.15 Å². The van der Waals surface area contributed by atoms with Gasteiger partial charge >= 0.3 is 6.03 Å². The van der Waals surface area contributed by atoms with Crippen LogP contribution in [0.4, 0.5) is 10.5 Å². The first-order valence-electron chi connectivity index (χ1n) is 6.59. The van der Waals surface area contributed by atoms with Crippen molar-refractivity contribution in [2.24, 2.45) is 0 Å². The standard InChI is InChI=1S/C15H18N2O4/c1-20-12-6-4-11(5-7-12)17-15(19)16-9-8-13(18)14-3-2-10-21-14/h2-7,10,13,18H,8-9H2,1H3,(H2,16,17,19). The molecule has 3 N–H and O–H groups in total. The maximum absolute atomic E-state index is 11.7. The van der Waals surface area contributed by atoms with E-state index >= 15 is 0 Å². The van der Waals surface area contributed by atoms with Crippen LogP contribution in [0.1, 0.15) is 18.3 Å². The molecule has 6 nitrogen and oxygen atoms in total. The number of carbonyl (C=O) groups excluding carboxylic acids is 1. The summed E-state index contributed by atoms with van der Waals surface area (Å²) in [6, 6.07) is 10.1. The summed E-state index contributed by atoms with van der Waals surface area (Å²) in [5.41, 5.74) is 0.667. The molecular weight excluding hydrogens is 272 g/mol. The Kier molecular flexibility index (Phi) is 5.22. The topological polar surface area (TPSA) is 83.7 Å². The van der Waals surface area contributed by atoms with Crippen molar-refractivity contribution in [1.82, 2.24) is 5.32 Å². The molecule has 112 valence electrons. The molecule has 0 bridgehead atoms. The van der Waals surface area contributed by atoms with E-state index in [-0.39, 0.29) is 6.03 Å². The summed E-state index contributed by atoms with van der Waals surface area (Å²) in [5.74, 6) is 1.22. The van der Waals surface area contributed by atoms with Crippen molar-refractivity contribution >= 4 is 11.7 Å². The Morgan fingerprint density at radius 3 is 2.71 bits per heavy atom. The lowest BCUT2D eigenvalue weighted by molar-refractivity contribution is 0.140. The van der Waals surface area contributed by atoms with E-state index in [1.165, 1.54) is 6.26 Å². The van der Waals surface area contributed by atoms with Crippen molar-refractivity contribution in [3.05, 3.63) is 48.4 Å². The molecule has 1 aromatic carbocycles. The number of rotatable bonds is 6. The highest BCUT2D eigenvalue weighted by Gasteiger charge is 2.10. The number of aliphatic hydroxyl groups excluding tert-OH is 1. The van der Waals surface area contributed by atoms with Gasteiger partial charge in [0, 0.05) is 12.2 Å². The molecule has 0 saturated heterocycles. The molecule has 0 saturated carbocycles. The predicted octanol–water partition coefficient (Wildman–Crippen LogP) is 2.53. The zero-order valence-corrected chi connectivity index (χ0v) is 11.7. The number of aliphatic hydroxyl groups is 1. The minimum Gasteiger partial charge on any atom is -0.497 e. The van der Waals surface area contributed by atoms with Crippen molar-refractivity contribution in [2.75, 3.05) is 19.0 Å². The fourth-order valence-corrected chi connectivity index (χ4v) is 1.80. The number of anilines is 1. The van der Waals surface area contributed by atoms with Crippen LogP contribution in [0.15, 0.2) is 47.1 Å². The highest BCUT2D eigenvalue weighted by molar-refractivity contribution is 5.89. The number of furan rings is 1. The van der Waals surface area contributed by atoms with Crippen LogP contribution in [0.3, 0.4) is 0 Å². The summed E-state index contributed by atoms with van der Waals surface area (Å²) in [5, 5.41) is 15.2. The van der Waals surface area contributed by atoms with Gasteiger partial charge in [0.1, 0.15) is 17.6 Å². The molecule has 0 aliphatic heterocycles. The Bertz CT molecular complexity index is 552. The molecular formula is C15H18N2O4. The van der Waals surface area contributed by atoms with Crippen LogP contribution in [-0.2, 0) is 0 Å². The lowest BCUT2D eigenvalue weighted by atomic mass is 10.2. The van der Waals surface area contributed by atoms with E-state index in [2.05, 4.69) is 10.6 Å². The molecule has 1 aromatic heterocycles. The van der Waals surface area contributed by atoms with Gasteiger partial charge in [-0.1, -0.05) is 0 Å². The maximum atomic E-state index is 11.7. The van der Waals surface area contributed by atoms with Crippen molar-refractivity contribution < 1.29 is 19.1 Å². The third kappa shape index (κ3) is 4.54. The smallest absolute Gasteiger partial charge is 0.319 e. The normalized spacial score (nSPS) is 11.7. The van der Waals surface area contributed by atoms with Gasteiger partial charge in [-0.2, -0.15) is 0 Å². The van der Waals surface area contributed by atoms with E-state index in [9.17, 15) is 9.90 Å². The van der Waals surface area contributed by atoms with Crippen LogP contribution >= 0.6 is 0 Å². The summed E-state index contributed by atoms with van der Waals surface area (Å²) in [7, 11) is 1.58. The van der Waals surface area contributed by atoms with E-state index < -0.39 is 6.10 Å². The quantitative estimate of drug-likeness (QED) is 0.763. The van der Waals surface area contributed by atoms with E-state index in [1.807, 2.05) is 0 Å². The second-order valence-corrected chi connectivity index (χ2v) is 4.43. The van der Waals surface area contributed by atoms with Gasteiger partial charge in [-0.3, -0.25) is 0 Å². The van der Waals surface area contributed by atoms with Crippen molar-refractivity contribution in [3.8, 4) is 5.75 Å². The second kappa shape index (κ2) is 7.35. The Labute approximate surface area is 122 Å². The zero-order valence-electron chi connectivity index (χ0n) is 11.7. The number of carbonyl (C=O) groups is 1. The lowest BCUT2D eigenvalue weighted by Crippen LogP contribution is -2.30. The number of amides is 2. The lowest BCUT2D eigenvalue weighted by Gasteiger charge is -2.10. The number of hydrogen-bond donors (Lipinski definition) is 3. The van der Waals surface area contributed by atoms with Gasteiger partial charge in [-0.05, 0) is 42.8 Å². The van der Waals surface area contributed by atoms with Crippen molar-refractivity contribution in [2.45, 2.75) is 12.5 Å². The largest absolute Gasteiger partial charge is 0.497 e. The number of nitrogens with one attached hydrogen (secondary N) is 2. The van der Waals surface area contributed by atoms with Gasteiger partial charge in [0.25, 0.3) is 0 Å². The van der Waals surface area contributed by atoms with Gasteiger partial charge < -0.3 is 24.9 Å². The molecule has 0 aliphatic carbocycles. The van der Waals surface area contributed by atoms with Crippen LogP contribution in [0.2, 0.25) is 0 Å². The Morgan fingerprint density at radius 2 is 2.10 bits per heavy atom. The summed E-state index contributed by atoms with van der Waals surface area (Å²) >= 11 is 0. The molecule has 1 heterocycles. The second-order valence-electron chi connectivity index (χ2n) is 4.43. The van der Waals surface area contributed by atoms with Gasteiger partial charge in [-0.15, -0.1) is 0 Å². The molecule has 2 aromatic rings. The first kappa shape index (κ1) is 14.9. The van der Waals surface area contributed by atoms with Crippen LogP contribution < -0.4 is 15.4 Å². The summed E-state index contributed by atoms with van der Waals surface area (Å²) in [6.07, 6.45) is 1.16. The third-order valence-corrected chi connectivity index (χ3v) is 2.92. The maximum Gasteiger partial charge on any atom is 0.319 e. The van der Waals surface area contributed by atoms with Crippen molar-refractivity contribution in [1.29, 1.82) is 0 Å². The van der Waals surface area contributed by atoms with E-state index in [0.717, 1.165) is 5.75 Å². The molecule has 1 unspecified atom stereocenters. The monoisotopic (exact) mass is 290 g/mol. The summed E-state index contributed by atoms with van der Waals surface area (Å²) < 4.78 is 10.1. The Balaban J connectivity index is 1.72. The van der Waals surface area contributed by atoms with Gasteiger partial charge in [0.15, 0.2) is 0 Å². The first-order chi connectivity index (χ1) is 10.2. The number of urea groups is 1. The molecule has 0 spiro atoms. The molecule has 1 atom stereocenters. The number of methoxy groups -OCH3 is 1. The SMILES string of the molecule is COc1ccc(NC(=O)NCCC(O)c2ccco2)cc1. The average Bonchev–Trinajstić information content (AvgIpc) is 3.02. The van der Waals surface area contributed by atoms with E-state index in [1.54, 1.807) is 43.5 Å². The molecule has 21 heavy (non-hydrogen) atoms. The Morgan fingerprint density at radius 1 is 1.33 bits per heavy atom. The Hall–Kier alpha value is -2.47. The fourth-order valence-electron chi connectivity index (χ4n) is 1.80. The van der Waals surface area contributed by atoms with Gasteiger partial charge in [-0.25, -0.2) is 4.79 Å². The number of hydrogen-bond acceptors (Lipinski definition) is 4.